The van der Waals surface area contributed by atoms with Gasteiger partial charge in [-0.25, -0.2) is 0 Å². The lowest BCUT2D eigenvalue weighted by Gasteiger charge is -2.50. The van der Waals surface area contributed by atoms with Crippen molar-refractivity contribution in [3.8, 4) is 0 Å². The molecule has 0 atom stereocenters. The lowest BCUT2D eigenvalue weighted by atomic mass is 9.54. The first-order valence-electron chi connectivity index (χ1n) is 4.88. The number of carbonyl (C=O) groups excluding carboxylic acids is 1. The zero-order chi connectivity index (χ0) is 8.60. The Morgan fingerprint density at radius 3 is 2.92 bits per heavy atom. The molecule has 0 aromatic heterocycles. The summed E-state index contributed by atoms with van der Waals surface area (Å²) in [5.41, 5.74) is -0.0288. The fourth-order valence-electron chi connectivity index (χ4n) is 2.57. The van der Waals surface area contributed by atoms with E-state index in [4.69, 9.17) is 4.74 Å². The number of fused-ring (bicyclic) bond motifs is 2. The molecule has 68 valence electrons. The van der Waals surface area contributed by atoms with Gasteiger partial charge in [0.1, 0.15) is 5.78 Å². The molecule has 2 heteroatoms. The lowest BCUT2D eigenvalue weighted by molar-refractivity contribution is -0.151. The highest BCUT2D eigenvalue weighted by Crippen LogP contribution is 2.53. The molecule has 0 N–H and O–H groups in total. The van der Waals surface area contributed by atoms with E-state index < -0.39 is 0 Å². The average Bonchev–Trinajstić information content (AvgIpc) is 2.01. The summed E-state index contributed by atoms with van der Waals surface area (Å²) in [5.74, 6) is 1.29. The Bertz CT molecular complexity index is 192. The molecule has 3 fully saturated rings. The van der Waals surface area contributed by atoms with Crippen molar-refractivity contribution in [2.45, 2.75) is 32.6 Å². The highest BCUT2D eigenvalue weighted by Gasteiger charge is 2.52. The molecular weight excluding hydrogens is 152 g/mol. The molecule has 0 unspecified atom stereocenters. The summed E-state index contributed by atoms with van der Waals surface area (Å²) in [6, 6.07) is 0. The number of hydrogen-bond donors (Lipinski definition) is 0. The maximum Gasteiger partial charge on any atom is 0.141 e. The fourth-order valence-corrected chi connectivity index (χ4v) is 2.57. The number of rotatable bonds is 3. The molecule has 3 saturated carbocycles. The minimum absolute atomic E-state index is 0.0288. The van der Waals surface area contributed by atoms with Crippen molar-refractivity contribution in [3.63, 3.8) is 0 Å². The first-order valence-corrected chi connectivity index (χ1v) is 4.88. The Morgan fingerprint density at radius 2 is 2.33 bits per heavy atom. The van der Waals surface area contributed by atoms with Gasteiger partial charge >= 0.3 is 0 Å². The first kappa shape index (κ1) is 8.24. The van der Waals surface area contributed by atoms with Crippen molar-refractivity contribution >= 4 is 5.78 Å². The molecule has 3 aliphatic rings. The van der Waals surface area contributed by atoms with Gasteiger partial charge < -0.3 is 4.74 Å². The van der Waals surface area contributed by atoms with E-state index >= 15 is 0 Å². The van der Waals surface area contributed by atoms with E-state index in [2.05, 4.69) is 0 Å². The van der Waals surface area contributed by atoms with E-state index in [1.165, 1.54) is 0 Å². The smallest absolute Gasteiger partial charge is 0.141 e. The summed E-state index contributed by atoms with van der Waals surface area (Å²) < 4.78 is 5.36. The molecule has 0 aromatic rings. The summed E-state index contributed by atoms with van der Waals surface area (Å²) >= 11 is 0. The zero-order valence-electron chi connectivity index (χ0n) is 7.64. The number of Topliss-reactive ketones (excluding diaryl/α,β-unsaturated/α-hetero) is 1. The standard InChI is InChI=1S/C10H16O2/c1-2-12-7-10-5-8(6-10)3-4-9(10)11/h8H,2-7H2,1H3. The van der Waals surface area contributed by atoms with Crippen LogP contribution in [-0.2, 0) is 9.53 Å². The van der Waals surface area contributed by atoms with Gasteiger partial charge in [0.15, 0.2) is 0 Å². The number of carbonyl (C=O) groups is 1. The second-order valence-corrected chi connectivity index (χ2v) is 4.15. The van der Waals surface area contributed by atoms with Crippen LogP contribution < -0.4 is 0 Å². The minimum Gasteiger partial charge on any atom is -0.381 e. The van der Waals surface area contributed by atoms with E-state index in [0.717, 1.165) is 38.2 Å². The molecule has 0 heterocycles. The molecule has 0 aromatic carbocycles. The van der Waals surface area contributed by atoms with Crippen LogP contribution in [0, 0.1) is 11.3 Å². The van der Waals surface area contributed by atoms with E-state index in [-0.39, 0.29) is 5.41 Å². The summed E-state index contributed by atoms with van der Waals surface area (Å²) in [7, 11) is 0. The van der Waals surface area contributed by atoms with E-state index in [1.807, 2.05) is 6.92 Å². The molecule has 2 nitrogen and oxygen atoms in total. The van der Waals surface area contributed by atoms with Crippen LogP contribution in [0.4, 0.5) is 0 Å². The first-order chi connectivity index (χ1) is 5.77. The Morgan fingerprint density at radius 1 is 1.58 bits per heavy atom. The van der Waals surface area contributed by atoms with E-state index in [1.54, 1.807) is 0 Å². The van der Waals surface area contributed by atoms with Gasteiger partial charge in [0.2, 0.25) is 0 Å². The molecule has 3 aliphatic carbocycles. The molecule has 0 radical (unpaired) electrons. The highest BCUT2D eigenvalue weighted by molar-refractivity contribution is 5.87. The summed E-state index contributed by atoms with van der Waals surface area (Å²) in [5, 5.41) is 0. The number of ketones is 1. The van der Waals surface area contributed by atoms with Gasteiger partial charge in [-0.3, -0.25) is 4.79 Å². The van der Waals surface area contributed by atoms with Crippen molar-refractivity contribution in [2.24, 2.45) is 11.3 Å². The highest BCUT2D eigenvalue weighted by atomic mass is 16.5. The van der Waals surface area contributed by atoms with Gasteiger partial charge in [0.05, 0.1) is 12.0 Å². The predicted molar refractivity (Wildman–Crippen MR) is 45.9 cm³/mol. The van der Waals surface area contributed by atoms with Crippen LogP contribution in [0.5, 0.6) is 0 Å². The molecule has 2 bridgehead atoms. The van der Waals surface area contributed by atoms with Gasteiger partial charge in [-0.05, 0) is 32.1 Å². The Hall–Kier alpha value is -0.370. The van der Waals surface area contributed by atoms with Crippen LogP contribution in [0.1, 0.15) is 32.6 Å². The Balaban J connectivity index is 1.96. The third-order valence-corrected chi connectivity index (χ3v) is 3.31. The lowest BCUT2D eigenvalue weighted by Crippen LogP contribution is -2.51. The summed E-state index contributed by atoms with van der Waals surface area (Å²) in [4.78, 5) is 11.6. The second-order valence-electron chi connectivity index (χ2n) is 4.15. The van der Waals surface area contributed by atoms with Gasteiger partial charge in [-0.15, -0.1) is 0 Å². The maximum absolute atomic E-state index is 11.6. The van der Waals surface area contributed by atoms with Gasteiger partial charge in [-0.2, -0.15) is 0 Å². The van der Waals surface area contributed by atoms with Crippen LogP contribution in [0.25, 0.3) is 0 Å². The molecule has 0 saturated heterocycles. The third-order valence-electron chi connectivity index (χ3n) is 3.31. The van der Waals surface area contributed by atoms with Crippen molar-refractivity contribution in [3.05, 3.63) is 0 Å². The van der Waals surface area contributed by atoms with E-state index in [9.17, 15) is 4.79 Å². The summed E-state index contributed by atoms with van der Waals surface area (Å²) in [6.07, 6.45) is 4.14. The Labute approximate surface area is 73.3 Å². The normalized spacial score (nSPS) is 39.4. The van der Waals surface area contributed by atoms with Crippen LogP contribution in [-0.4, -0.2) is 19.0 Å². The molecule has 0 aliphatic heterocycles. The van der Waals surface area contributed by atoms with Gasteiger partial charge in [0.25, 0.3) is 0 Å². The van der Waals surface area contributed by atoms with Crippen LogP contribution >= 0.6 is 0 Å². The number of ether oxygens (including phenoxy) is 1. The topological polar surface area (TPSA) is 26.3 Å². The van der Waals surface area contributed by atoms with Crippen LogP contribution in [0.15, 0.2) is 0 Å². The molecular formula is C10H16O2. The largest absolute Gasteiger partial charge is 0.381 e. The van der Waals surface area contributed by atoms with Crippen molar-refractivity contribution in [1.29, 1.82) is 0 Å². The number of hydrogen-bond acceptors (Lipinski definition) is 2. The SMILES string of the molecule is CCOCC12CC(CCC1=O)C2. The predicted octanol–water partition coefficient (Wildman–Crippen LogP) is 1.78. The van der Waals surface area contributed by atoms with Crippen LogP contribution in [0.2, 0.25) is 0 Å². The monoisotopic (exact) mass is 168 g/mol. The van der Waals surface area contributed by atoms with E-state index in [0.29, 0.717) is 12.4 Å². The average molecular weight is 168 g/mol. The molecule has 0 spiro atoms. The van der Waals surface area contributed by atoms with Crippen molar-refractivity contribution in [2.75, 3.05) is 13.2 Å². The quantitative estimate of drug-likeness (QED) is 0.642. The minimum atomic E-state index is -0.0288. The zero-order valence-corrected chi connectivity index (χ0v) is 7.64. The summed E-state index contributed by atoms with van der Waals surface area (Å²) in [6.45, 7) is 3.40. The second kappa shape index (κ2) is 2.84. The van der Waals surface area contributed by atoms with Crippen molar-refractivity contribution < 1.29 is 9.53 Å². The molecule has 12 heavy (non-hydrogen) atoms. The Kier molecular flexibility index (Phi) is 1.95. The van der Waals surface area contributed by atoms with Crippen molar-refractivity contribution in [1.82, 2.24) is 0 Å². The van der Waals surface area contributed by atoms with Gasteiger partial charge in [0, 0.05) is 13.0 Å². The third kappa shape index (κ3) is 1.09. The van der Waals surface area contributed by atoms with Gasteiger partial charge in [-0.1, -0.05) is 0 Å². The molecule has 0 amide bonds. The maximum atomic E-state index is 11.6. The molecule has 3 rings (SSSR count). The van der Waals surface area contributed by atoms with Crippen LogP contribution in [0.3, 0.4) is 0 Å². The fraction of sp³-hybridized carbons (Fsp3) is 0.900.